The highest BCUT2D eigenvalue weighted by atomic mass is 32.1. The van der Waals surface area contributed by atoms with Crippen molar-refractivity contribution < 1.29 is 4.74 Å². The third kappa shape index (κ3) is 2.20. The molecule has 22 heavy (non-hydrogen) atoms. The Balaban J connectivity index is 1.69. The summed E-state index contributed by atoms with van der Waals surface area (Å²) >= 11 is 1.75. The van der Waals surface area contributed by atoms with Gasteiger partial charge in [-0.3, -0.25) is 0 Å². The molecule has 0 amide bonds. The van der Waals surface area contributed by atoms with E-state index >= 15 is 0 Å². The number of hydrogen-bond donors (Lipinski definition) is 0. The molecule has 2 aromatic heterocycles. The zero-order valence-electron chi connectivity index (χ0n) is 12.5. The number of thiazole rings is 1. The van der Waals surface area contributed by atoms with Crippen LogP contribution in [0.5, 0.6) is 5.88 Å². The Kier molecular flexibility index (Phi) is 3.18. The highest BCUT2D eigenvalue weighted by Gasteiger charge is 2.21. The van der Waals surface area contributed by atoms with Gasteiger partial charge in [-0.05, 0) is 18.6 Å². The number of rotatable bonds is 2. The Morgan fingerprint density at radius 1 is 1.27 bits per heavy atom. The predicted octanol–water partition coefficient (Wildman–Crippen LogP) is 2.97. The molecular weight excluding hydrogens is 296 g/mol. The lowest BCUT2D eigenvalue weighted by Crippen LogP contribution is -2.31. The van der Waals surface area contributed by atoms with Crippen molar-refractivity contribution in [1.82, 2.24) is 15.2 Å². The van der Waals surface area contributed by atoms with E-state index < -0.39 is 0 Å². The van der Waals surface area contributed by atoms with Crippen molar-refractivity contribution in [1.29, 1.82) is 0 Å². The predicted molar refractivity (Wildman–Crippen MR) is 87.7 cm³/mol. The molecule has 6 heteroatoms. The quantitative estimate of drug-likeness (QED) is 0.728. The van der Waals surface area contributed by atoms with Crippen LogP contribution in [0.1, 0.15) is 16.8 Å². The van der Waals surface area contributed by atoms with Crippen LogP contribution in [0.4, 0.5) is 5.13 Å². The van der Waals surface area contributed by atoms with Gasteiger partial charge in [0.25, 0.3) is 0 Å². The molecule has 0 N–H and O–H groups in total. The zero-order valence-corrected chi connectivity index (χ0v) is 13.4. The van der Waals surface area contributed by atoms with Gasteiger partial charge in [-0.2, -0.15) is 5.10 Å². The van der Waals surface area contributed by atoms with E-state index in [1.165, 1.54) is 15.8 Å². The van der Waals surface area contributed by atoms with E-state index in [9.17, 15) is 0 Å². The first-order valence-corrected chi connectivity index (χ1v) is 8.07. The monoisotopic (exact) mass is 312 g/mol. The Hall–Kier alpha value is -2.21. The lowest BCUT2D eigenvalue weighted by atomic mass is 10.1. The fourth-order valence-corrected chi connectivity index (χ4v) is 3.85. The van der Waals surface area contributed by atoms with E-state index in [0.29, 0.717) is 5.88 Å². The fourth-order valence-electron chi connectivity index (χ4n) is 2.78. The average Bonchev–Trinajstić information content (AvgIpc) is 2.99. The number of aromatic nitrogens is 3. The van der Waals surface area contributed by atoms with Crippen LogP contribution in [0.25, 0.3) is 10.2 Å². The highest BCUT2D eigenvalue weighted by molar-refractivity contribution is 7.22. The largest absolute Gasteiger partial charge is 0.480 e. The third-order valence-electron chi connectivity index (χ3n) is 4.01. The standard InChI is InChI=1S/C16H16N4OS/c1-10-4-3-5-13-15(10)17-16(22-13)20-7-6-12-11(9-20)8-14(21-2)19-18-12/h3-5,8H,6-7,9H2,1-2H3. The molecule has 112 valence electrons. The van der Waals surface area contributed by atoms with Crippen LogP contribution in [0.2, 0.25) is 0 Å². The van der Waals surface area contributed by atoms with Crippen molar-refractivity contribution in [2.45, 2.75) is 19.9 Å². The van der Waals surface area contributed by atoms with Crippen molar-refractivity contribution in [2.24, 2.45) is 0 Å². The topological polar surface area (TPSA) is 51.1 Å². The highest BCUT2D eigenvalue weighted by Crippen LogP contribution is 2.33. The molecule has 1 aliphatic rings. The number of para-hydroxylation sites is 1. The first kappa shape index (κ1) is 13.5. The van der Waals surface area contributed by atoms with Crippen molar-refractivity contribution in [3.8, 4) is 5.88 Å². The van der Waals surface area contributed by atoms with Crippen LogP contribution < -0.4 is 9.64 Å². The fraction of sp³-hybridized carbons (Fsp3) is 0.312. The molecule has 1 aromatic carbocycles. The van der Waals surface area contributed by atoms with Gasteiger partial charge >= 0.3 is 0 Å². The van der Waals surface area contributed by atoms with Gasteiger partial charge in [0.2, 0.25) is 5.88 Å². The summed E-state index contributed by atoms with van der Waals surface area (Å²) in [4.78, 5) is 7.14. The van der Waals surface area contributed by atoms with Crippen LogP contribution in [-0.4, -0.2) is 28.8 Å². The van der Waals surface area contributed by atoms with Crippen LogP contribution >= 0.6 is 11.3 Å². The number of fused-ring (bicyclic) bond motifs is 2. The second-order valence-corrected chi connectivity index (χ2v) is 6.46. The molecule has 0 unspecified atom stereocenters. The van der Waals surface area contributed by atoms with E-state index in [0.717, 1.165) is 35.9 Å². The Morgan fingerprint density at radius 3 is 3.00 bits per heavy atom. The van der Waals surface area contributed by atoms with Crippen LogP contribution in [-0.2, 0) is 13.0 Å². The third-order valence-corrected chi connectivity index (χ3v) is 5.09. The zero-order chi connectivity index (χ0) is 15.1. The summed E-state index contributed by atoms with van der Waals surface area (Å²) in [5.41, 5.74) is 4.58. The Bertz CT molecular complexity index is 845. The smallest absolute Gasteiger partial charge is 0.233 e. The molecule has 3 aromatic rings. The van der Waals surface area contributed by atoms with E-state index in [-0.39, 0.29) is 0 Å². The van der Waals surface area contributed by atoms with E-state index in [1.54, 1.807) is 18.4 Å². The number of nitrogens with zero attached hydrogens (tertiary/aromatic N) is 4. The van der Waals surface area contributed by atoms with Gasteiger partial charge in [0.1, 0.15) is 0 Å². The maximum atomic E-state index is 5.18. The average molecular weight is 312 g/mol. The second kappa shape index (κ2) is 5.21. The minimum Gasteiger partial charge on any atom is -0.480 e. The van der Waals surface area contributed by atoms with E-state index in [1.807, 2.05) is 6.07 Å². The number of ether oxygens (including phenoxy) is 1. The molecule has 0 fully saturated rings. The first-order valence-electron chi connectivity index (χ1n) is 7.25. The second-order valence-electron chi connectivity index (χ2n) is 5.45. The van der Waals surface area contributed by atoms with Gasteiger partial charge in [-0.1, -0.05) is 23.5 Å². The molecule has 4 rings (SSSR count). The van der Waals surface area contributed by atoms with Gasteiger partial charge < -0.3 is 9.64 Å². The summed E-state index contributed by atoms with van der Waals surface area (Å²) in [6.45, 7) is 3.84. The van der Waals surface area contributed by atoms with E-state index in [4.69, 9.17) is 9.72 Å². The Labute approximate surface area is 132 Å². The lowest BCUT2D eigenvalue weighted by Gasteiger charge is -2.27. The number of benzene rings is 1. The maximum absolute atomic E-state index is 5.18. The van der Waals surface area contributed by atoms with Crippen LogP contribution in [0, 0.1) is 6.92 Å². The number of methoxy groups -OCH3 is 1. The molecule has 3 heterocycles. The van der Waals surface area contributed by atoms with Gasteiger partial charge in [-0.25, -0.2) is 4.98 Å². The minimum atomic E-state index is 0.570. The molecule has 0 saturated heterocycles. The first-order chi connectivity index (χ1) is 10.7. The van der Waals surface area contributed by atoms with Gasteiger partial charge in [0, 0.05) is 31.1 Å². The molecule has 0 spiro atoms. The molecule has 0 atom stereocenters. The molecule has 0 radical (unpaired) electrons. The van der Waals surface area contributed by atoms with Gasteiger partial charge in [0.05, 0.1) is 23.0 Å². The summed E-state index contributed by atoms with van der Waals surface area (Å²) in [7, 11) is 1.62. The summed E-state index contributed by atoms with van der Waals surface area (Å²) < 4.78 is 6.42. The Morgan fingerprint density at radius 2 is 2.18 bits per heavy atom. The van der Waals surface area contributed by atoms with Crippen LogP contribution in [0.3, 0.4) is 0 Å². The minimum absolute atomic E-state index is 0.570. The number of anilines is 1. The van der Waals surface area contributed by atoms with Crippen LogP contribution in [0.15, 0.2) is 24.3 Å². The summed E-state index contributed by atoms with van der Waals surface area (Å²) in [5.74, 6) is 0.570. The van der Waals surface area contributed by atoms with Crippen molar-refractivity contribution >= 4 is 26.7 Å². The van der Waals surface area contributed by atoms with Gasteiger partial charge in [-0.15, -0.1) is 5.10 Å². The molecule has 0 saturated carbocycles. The molecule has 0 aliphatic carbocycles. The SMILES string of the molecule is COc1cc2c(nn1)CCN(c1nc3c(C)cccc3s1)C2. The summed E-state index contributed by atoms with van der Waals surface area (Å²) in [5, 5.41) is 9.38. The number of aryl methyl sites for hydroxylation is 1. The molecular formula is C16H16N4OS. The summed E-state index contributed by atoms with van der Waals surface area (Å²) in [6.07, 6.45) is 0.890. The normalized spacial score (nSPS) is 14.2. The van der Waals surface area contributed by atoms with Crippen molar-refractivity contribution in [3.05, 3.63) is 41.1 Å². The maximum Gasteiger partial charge on any atom is 0.233 e. The van der Waals surface area contributed by atoms with E-state index in [2.05, 4.69) is 40.2 Å². The molecule has 5 nitrogen and oxygen atoms in total. The molecule has 0 bridgehead atoms. The van der Waals surface area contributed by atoms with Crippen molar-refractivity contribution in [3.63, 3.8) is 0 Å². The van der Waals surface area contributed by atoms with Crippen molar-refractivity contribution in [2.75, 3.05) is 18.6 Å². The van der Waals surface area contributed by atoms with Gasteiger partial charge in [0.15, 0.2) is 5.13 Å². The molecule has 1 aliphatic heterocycles. The number of hydrogen-bond acceptors (Lipinski definition) is 6. The lowest BCUT2D eigenvalue weighted by molar-refractivity contribution is 0.389. The summed E-state index contributed by atoms with van der Waals surface area (Å²) in [6, 6.07) is 8.31.